The molecule has 0 aliphatic carbocycles. The second kappa shape index (κ2) is 15.7. The van der Waals surface area contributed by atoms with Gasteiger partial charge >= 0.3 is 0 Å². The van der Waals surface area contributed by atoms with Gasteiger partial charge in [0.05, 0.1) is 24.1 Å². The molecule has 43 heavy (non-hydrogen) atoms. The highest BCUT2D eigenvalue weighted by Crippen LogP contribution is 2.30. The van der Waals surface area contributed by atoms with E-state index in [1.807, 2.05) is 44.2 Å². The van der Waals surface area contributed by atoms with Crippen molar-refractivity contribution in [1.29, 1.82) is 0 Å². The molecular weight excluding hydrogens is 593 g/mol. The molecule has 0 radical (unpaired) electrons. The van der Waals surface area contributed by atoms with E-state index in [4.69, 9.17) is 16.3 Å². The van der Waals surface area contributed by atoms with E-state index >= 15 is 0 Å². The van der Waals surface area contributed by atoms with E-state index in [-0.39, 0.29) is 55.2 Å². The molecule has 8 nitrogen and oxygen atoms in total. The van der Waals surface area contributed by atoms with Crippen LogP contribution in [-0.2, 0) is 32.6 Å². The number of nitrogens with one attached hydrogen (secondary N) is 1. The Labute approximate surface area is 258 Å². The first-order valence-electron chi connectivity index (χ1n) is 14.1. The molecule has 0 aliphatic heterocycles. The van der Waals surface area contributed by atoms with Gasteiger partial charge in [-0.2, -0.15) is 0 Å². The highest BCUT2D eigenvalue weighted by molar-refractivity contribution is 7.92. The zero-order chi connectivity index (χ0) is 31.6. The number of rotatable bonds is 15. The first kappa shape index (κ1) is 33.9. The maximum atomic E-state index is 13.9. The Bertz CT molecular complexity index is 1470. The minimum atomic E-state index is -3.70. The second-order valence-corrected chi connectivity index (χ2v) is 12.7. The van der Waals surface area contributed by atoms with Gasteiger partial charge in [0.15, 0.2) is 0 Å². The van der Waals surface area contributed by atoms with Crippen LogP contribution in [0.3, 0.4) is 0 Å². The lowest BCUT2D eigenvalue weighted by atomic mass is 10.0. The van der Waals surface area contributed by atoms with Crippen LogP contribution < -0.4 is 14.4 Å². The van der Waals surface area contributed by atoms with Crippen LogP contribution >= 0.6 is 11.6 Å². The van der Waals surface area contributed by atoms with Gasteiger partial charge in [0.1, 0.15) is 17.6 Å². The number of methoxy groups -OCH3 is 1. The molecular formula is C32H39ClFN3O5S. The summed E-state index contributed by atoms with van der Waals surface area (Å²) in [4.78, 5) is 29.0. The summed E-state index contributed by atoms with van der Waals surface area (Å²) in [5.41, 5.74) is 1.89. The van der Waals surface area contributed by atoms with E-state index in [0.29, 0.717) is 23.4 Å². The molecule has 0 spiro atoms. The Balaban J connectivity index is 1.89. The molecule has 0 aromatic heterocycles. The summed E-state index contributed by atoms with van der Waals surface area (Å²) in [5.74, 6) is -0.618. The fourth-order valence-electron chi connectivity index (χ4n) is 4.60. The Kier molecular flexibility index (Phi) is 12.4. The number of ether oxygens (including phenoxy) is 1. The number of halogens is 2. The van der Waals surface area contributed by atoms with Crippen LogP contribution in [0.4, 0.5) is 10.1 Å². The maximum absolute atomic E-state index is 13.9. The summed E-state index contributed by atoms with van der Waals surface area (Å²) >= 11 is 6.25. The van der Waals surface area contributed by atoms with E-state index in [1.54, 1.807) is 24.3 Å². The molecule has 2 atom stereocenters. The van der Waals surface area contributed by atoms with Crippen molar-refractivity contribution in [2.24, 2.45) is 0 Å². The molecule has 0 heterocycles. The predicted molar refractivity (Wildman–Crippen MR) is 168 cm³/mol. The Morgan fingerprint density at radius 3 is 2.28 bits per heavy atom. The zero-order valence-electron chi connectivity index (χ0n) is 24.9. The first-order valence-corrected chi connectivity index (χ1v) is 16.3. The Morgan fingerprint density at radius 1 is 1.02 bits per heavy atom. The Morgan fingerprint density at radius 2 is 1.70 bits per heavy atom. The number of hydrogen-bond acceptors (Lipinski definition) is 5. The van der Waals surface area contributed by atoms with E-state index in [0.717, 1.165) is 11.8 Å². The summed E-state index contributed by atoms with van der Waals surface area (Å²) in [6, 6.07) is 18.9. The average Bonchev–Trinajstić information content (AvgIpc) is 2.97. The minimum Gasteiger partial charge on any atom is -0.495 e. The standard InChI is InChI=1S/C32H39ClFN3O5S/c1-5-23(2)35-32(39)29(20-24-10-7-6-8-11-24)36(22-25-13-15-26(34)16-14-25)31(38)12-9-19-37(43(4,40)41)27-17-18-30(42-3)28(33)21-27/h6-8,10-11,13-18,21,23,29H,5,9,12,19-20,22H2,1-4H3,(H,35,39). The number of carbonyl (C=O) groups excluding carboxylic acids is 2. The van der Waals surface area contributed by atoms with Crippen molar-refractivity contribution in [1.82, 2.24) is 10.2 Å². The van der Waals surface area contributed by atoms with E-state index in [9.17, 15) is 22.4 Å². The van der Waals surface area contributed by atoms with Crippen molar-refractivity contribution in [3.8, 4) is 5.75 Å². The first-order chi connectivity index (χ1) is 20.4. The highest BCUT2D eigenvalue weighted by atomic mass is 35.5. The van der Waals surface area contributed by atoms with Gasteiger partial charge in [-0.15, -0.1) is 0 Å². The molecule has 3 aromatic rings. The summed E-state index contributed by atoms with van der Waals surface area (Å²) in [5, 5.41) is 3.26. The largest absolute Gasteiger partial charge is 0.495 e. The number of amides is 2. The molecule has 0 saturated heterocycles. The van der Waals surface area contributed by atoms with Crippen molar-refractivity contribution in [3.63, 3.8) is 0 Å². The van der Waals surface area contributed by atoms with E-state index in [2.05, 4.69) is 5.32 Å². The minimum absolute atomic E-state index is 0.0139. The lowest BCUT2D eigenvalue weighted by molar-refractivity contribution is -0.141. The summed E-state index contributed by atoms with van der Waals surface area (Å²) in [7, 11) is -2.24. The molecule has 1 N–H and O–H groups in total. The molecule has 2 amide bonds. The van der Waals surface area contributed by atoms with Gasteiger partial charge in [-0.05, 0) is 61.2 Å². The molecule has 0 aliphatic rings. The summed E-state index contributed by atoms with van der Waals surface area (Å²) in [6.07, 6.45) is 2.23. The van der Waals surface area contributed by atoms with Crippen LogP contribution in [-0.4, -0.2) is 57.1 Å². The number of sulfonamides is 1. The fraction of sp³-hybridized carbons (Fsp3) is 0.375. The van der Waals surface area contributed by atoms with Crippen molar-refractivity contribution in [2.45, 2.75) is 58.2 Å². The summed E-state index contributed by atoms with van der Waals surface area (Å²) in [6.45, 7) is 3.95. The quantitative estimate of drug-likeness (QED) is 0.236. The van der Waals surface area contributed by atoms with Gasteiger partial charge in [-0.3, -0.25) is 13.9 Å². The third kappa shape index (κ3) is 9.96. The third-order valence-corrected chi connectivity index (χ3v) is 8.60. The molecule has 232 valence electrons. The number of nitrogens with zero attached hydrogens (tertiary/aromatic N) is 2. The normalized spacial score (nSPS) is 12.7. The monoisotopic (exact) mass is 631 g/mol. The van der Waals surface area contributed by atoms with Crippen molar-refractivity contribution in [3.05, 3.63) is 94.8 Å². The second-order valence-electron chi connectivity index (χ2n) is 10.4. The zero-order valence-corrected chi connectivity index (χ0v) is 26.5. The van der Waals surface area contributed by atoms with Crippen LogP contribution in [0.5, 0.6) is 5.75 Å². The SMILES string of the molecule is CCC(C)NC(=O)C(Cc1ccccc1)N(Cc1ccc(F)cc1)C(=O)CCCN(c1ccc(OC)c(Cl)c1)S(C)(=O)=O. The van der Waals surface area contributed by atoms with Crippen LogP contribution in [0.2, 0.25) is 5.02 Å². The van der Waals surface area contributed by atoms with E-state index < -0.39 is 21.9 Å². The fourth-order valence-corrected chi connectivity index (χ4v) is 5.81. The lowest BCUT2D eigenvalue weighted by Crippen LogP contribution is -2.52. The van der Waals surface area contributed by atoms with Crippen LogP contribution in [0, 0.1) is 5.82 Å². The van der Waals surface area contributed by atoms with E-state index in [1.165, 1.54) is 34.5 Å². The molecule has 3 rings (SSSR count). The van der Waals surface area contributed by atoms with Crippen LogP contribution in [0.15, 0.2) is 72.8 Å². The number of benzene rings is 3. The predicted octanol–water partition coefficient (Wildman–Crippen LogP) is 5.59. The highest BCUT2D eigenvalue weighted by Gasteiger charge is 2.31. The number of hydrogen-bond donors (Lipinski definition) is 1. The lowest BCUT2D eigenvalue weighted by Gasteiger charge is -2.32. The van der Waals surface area contributed by atoms with Gasteiger partial charge in [-0.25, -0.2) is 12.8 Å². The molecule has 0 saturated carbocycles. The molecule has 3 aromatic carbocycles. The summed E-state index contributed by atoms with van der Waals surface area (Å²) < 4.78 is 45.4. The van der Waals surface area contributed by atoms with Crippen molar-refractivity contribution >= 4 is 39.1 Å². The van der Waals surface area contributed by atoms with Gasteiger partial charge in [-0.1, -0.05) is 61.0 Å². The molecule has 0 bridgehead atoms. The van der Waals surface area contributed by atoms with Crippen LogP contribution in [0.25, 0.3) is 0 Å². The average molecular weight is 632 g/mol. The third-order valence-electron chi connectivity index (χ3n) is 7.11. The smallest absolute Gasteiger partial charge is 0.243 e. The maximum Gasteiger partial charge on any atom is 0.243 e. The molecule has 11 heteroatoms. The number of carbonyl (C=O) groups is 2. The van der Waals surface area contributed by atoms with Crippen molar-refractivity contribution in [2.75, 3.05) is 24.2 Å². The van der Waals surface area contributed by atoms with Crippen molar-refractivity contribution < 1.29 is 27.1 Å². The van der Waals surface area contributed by atoms with Crippen LogP contribution in [0.1, 0.15) is 44.2 Å². The van der Waals surface area contributed by atoms with Gasteiger partial charge < -0.3 is 15.0 Å². The number of anilines is 1. The topological polar surface area (TPSA) is 96.0 Å². The van der Waals surface area contributed by atoms with Gasteiger partial charge in [0, 0.05) is 32.0 Å². The molecule has 0 fully saturated rings. The Hall–Kier alpha value is -3.63. The molecule has 2 unspecified atom stereocenters. The van der Waals surface area contributed by atoms with Gasteiger partial charge in [0.2, 0.25) is 21.8 Å². The van der Waals surface area contributed by atoms with Gasteiger partial charge in [0.25, 0.3) is 0 Å².